The van der Waals surface area contributed by atoms with E-state index in [-0.39, 0.29) is 5.56 Å². The number of H-pyrrole nitrogens is 1. The Morgan fingerprint density at radius 3 is 2.67 bits per heavy atom. The Morgan fingerprint density at radius 2 is 1.91 bits per heavy atom. The summed E-state index contributed by atoms with van der Waals surface area (Å²) in [5.41, 5.74) is 4.91. The lowest BCUT2D eigenvalue weighted by Crippen LogP contribution is -2.46. The van der Waals surface area contributed by atoms with Crippen molar-refractivity contribution in [3.8, 4) is 11.4 Å². The van der Waals surface area contributed by atoms with Gasteiger partial charge < -0.3 is 4.90 Å². The van der Waals surface area contributed by atoms with Gasteiger partial charge >= 0.3 is 0 Å². The summed E-state index contributed by atoms with van der Waals surface area (Å²) in [7, 11) is 0. The number of pyridine rings is 1. The Kier molecular flexibility index (Phi) is 5.87. The standard InChI is InChI=1S/C24H28N8O/c1-17(2)13-18-6-7-20(24-26-28-29-27-24)21(14-18)31-11-9-30(10-12-31)16-19-15-23(33)32-8-4-3-5-22(32)25-19/h3-8,14-15,17H,9-13,16H2,1-2H3,(H,26,27,28,29). The van der Waals surface area contributed by atoms with Crippen molar-refractivity contribution < 1.29 is 0 Å². The monoisotopic (exact) mass is 444 g/mol. The maximum Gasteiger partial charge on any atom is 0.258 e. The lowest BCUT2D eigenvalue weighted by Gasteiger charge is -2.36. The molecule has 0 radical (unpaired) electrons. The molecular formula is C24H28N8O. The molecule has 4 aromatic rings. The molecule has 1 saturated heterocycles. The van der Waals surface area contributed by atoms with Gasteiger partial charge in [-0.3, -0.25) is 14.1 Å². The van der Waals surface area contributed by atoms with Crippen LogP contribution in [0.2, 0.25) is 0 Å². The van der Waals surface area contributed by atoms with E-state index in [1.807, 2.05) is 18.2 Å². The van der Waals surface area contributed by atoms with E-state index >= 15 is 0 Å². The molecule has 9 heteroatoms. The number of piperazine rings is 1. The molecule has 1 fully saturated rings. The number of tetrazole rings is 1. The number of anilines is 1. The summed E-state index contributed by atoms with van der Waals surface area (Å²) in [6, 6.07) is 13.8. The van der Waals surface area contributed by atoms with Crippen LogP contribution in [0.25, 0.3) is 17.0 Å². The topological polar surface area (TPSA) is 95.3 Å². The summed E-state index contributed by atoms with van der Waals surface area (Å²) >= 11 is 0. The molecule has 1 aromatic carbocycles. The minimum atomic E-state index is -0.0408. The predicted molar refractivity (Wildman–Crippen MR) is 127 cm³/mol. The number of rotatable bonds is 6. The first-order chi connectivity index (χ1) is 16.1. The molecule has 0 atom stereocenters. The molecule has 4 heterocycles. The van der Waals surface area contributed by atoms with Gasteiger partial charge in [0.05, 0.1) is 5.69 Å². The van der Waals surface area contributed by atoms with Crippen LogP contribution in [-0.4, -0.2) is 61.1 Å². The van der Waals surface area contributed by atoms with Gasteiger partial charge in [0.15, 0.2) is 0 Å². The Labute approximate surface area is 192 Å². The van der Waals surface area contributed by atoms with Gasteiger partial charge in [-0.1, -0.05) is 26.0 Å². The summed E-state index contributed by atoms with van der Waals surface area (Å²) in [4.78, 5) is 21.8. The van der Waals surface area contributed by atoms with Crippen LogP contribution in [0.4, 0.5) is 5.69 Å². The van der Waals surface area contributed by atoms with Crippen molar-refractivity contribution in [3.05, 3.63) is 70.3 Å². The molecule has 0 aliphatic carbocycles. The van der Waals surface area contributed by atoms with Gasteiger partial charge in [0.25, 0.3) is 5.56 Å². The summed E-state index contributed by atoms with van der Waals surface area (Å²) in [6.45, 7) is 8.66. The fourth-order valence-electron chi connectivity index (χ4n) is 4.46. The van der Waals surface area contributed by atoms with Crippen LogP contribution in [-0.2, 0) is 13.0 Å². The quantitative estimate of drug-likeness (QED) is 0.488. The third-order valence-corrected chi connectivity index (χ3v) is 6.01. The third-order valence-electron chi connectivity index (χ3n) is 6.01. The zero-order valence-electron chi connectivity index (χ0n) is 19.0. The first-order valence-electron chi connectivity index (χ1n) is 11.4. The van der Waals surface area contributed by atoms with E-state index in [0.717, 1.165) is 49.5 Å². The highest BCUT2D eigenvalue weighted by atomic mass is 16.1. The van der Waals surface area contributed by atoms with E-state index in [4.69, 9.17) is 0 Å². The SMILES string of the molecule is CC(C)Cc1ccc(-c2nn[nH]n2)c(N2CCN(Cc3cc(=O)n4ccccc4n3)CC2)c1. The van der Waals surface area contributed by atoms with Gasteiger partial charge in [-0.2, -0.15) is 5.21 Å². The average Bonchev–Trinajstić information content (AvgIpc) is 3.34. The van der Waals surface area contributed by atoms with Crippen molar-refractivity contribution >= 4 is 11.3 Å². The van der Waals surface area contributed by atoms with Crippen LogP contribution in [0.1, 0.15) is 25.1 Å². The van der Waals surface area contributed by atoms with Crippen molar-refractivity contribution in [2.24, 2.45) is 5.92 Å². The number of hydrogen-bond acceptors (Lipinski definition) is 7. The van der Waals surface area contributed by atoms with Crippen molar-refractivity contribution in [2.45, 2.75) is 26.8 Å². The zero-order valence-corrected chi connectivity index (χ0v) is 19.0. The molecule has 1 aliphatic rings. The van der Waals surface area contributed by atoms with E-state index in [1.165, 1.54) is 5.56 Å². The zero-order chi connectivity index (χ0) is 22.8. The molecule has 9 nitrogen and oxygen atoms in total. The van der Waals surface area contributed by atoms with Gasteiger partial charge in [0.2, 0.25) is 5.82 Å². The molecule has 3 aromatic heterocycles. The Balaban J connectivity index is 1.33. The summed E-state index contributed by atoms with van der Waals surface area (Å²) in [5, 5.41) is 14.7. The van der Waals surface area contributed by atoms with E-state index in [0.29, 0.717) is 23.9 Å². The van der Waals surface area contributed by atoms with Gasteiger partial charge in [-0.05, 0) is 47.4 Å². The molecule has 1 N–H and O–H groups in total. The second-order valence-electron chi connectivity index (χ2n) is 8.96. The fourth-order valence-corrected chi connectivity index (χ4v) is 4.46. The second kappa shape index (κ2) is 9.11. The first-order valence-corrected chi connectivity index (χ1v) is 11.4. The van der Waals surface area contributed by atoms with Crippen molar-refractivity contribution in [3.63, 3.8) is 0 Å². The molecule has 0 bridgehead atoms. The van der Waals surface area contributed by atoms with Crippen molar-refractivity contribution in [1.29, 1.82) is 0 Å². The predicted octanol–water partition coefficient (Wildman–Crippen LogP) is 2.40. The largest absolute Gasteiger partial charge is 0.368 e. The number of hydrogen-bond donors (Lipinski definition) is 1. The van der Waals surface area contributed by atoms with Gasteiger partial charge in [0.1, 0.15) is 5.65 Å². The number of aromatic nitrogens is 6. The molecule has 0 unspecified atom stereocenters. The van der Waals surface area contributed by atoms with E-state index in [2.05, 4.69) is 67.5 Å². The highest BCUT2D eigenvalue weighted by Gasteiger charge is 2.22. The van der Waals surface area contributed by atoms with Crippen LogP contribution in [0, 0.1) is 5.92 Å². The number of aromatic amines is 1. The van der Waals surface area contributed by atoms with Crippen LogP contribution in [0.5, 0.6) is 0 Å². The van der Waals surface area contributed by atoms with Crippen LogP contribution < -0.4 is 10.5 Å². The van der Waals surface area contributed by atoms with Gasteiger partial charge in [0, 0.05) is 56.2 Å². The third kappa shape index (κ3) is 4.63. The molecule has 0 spiro atoms. The molecule has 0 saturated carbocycles. The van der Waals surface area contributed by atoms with Gasteiger partial charge in [-0.25, -0.2) is 4.98 Å². The molecule has 33 heavy (non-hydrogen) atoms. The Morgan fingerprint density at radius 1 is 1.06 bits per heavy atom. The Bertz CT molecular complexity index is 1290. The normalized spacial score (nSPS) is 14.9. The molecule has 1 aliphatic heterocycles. The van der Waals surface area contributed by atoms with Crippen molar-refractivity contribution in [1.82, 2.24) is 34.9 Å². The maximum atomic E-state index is 12.4. The summed E-state index contributed by atoms with van der Waals surface area (Å²) in [6.07, 6.45) is 2.78. The van der Waals surface area contributed by atoms with E-state index < -0.39 is 0 Å². The van der Waals surface area contributed by atoms with Crippen molar-refractivity contribution in [2.75, 3.05) is 31.1 Å². The van der Waals surface area contributed by atoms with E-state index in [1.54, 1.807) is 16.7 Å². The van der Waals surface area contributed by atoms with E-state index in [9.17, 15) is 4.79 Å². The number of fused-ring (bicyclic) bond motifs is 1. The Hall–Kier alpha value is -3.59. The van der Waals surface area contributed by atoms with Crippen LogP contribution in [0.3, 0.4) is 0 Å². The van der Waals surface area contributed by atoms with Crippen LogP contribution in [0.15, 0.2) is 53.5 Å². The summed E-state index contributed by atoms with van der Waals surface area (Å²) < 4.78 is 1.57. The van der Waals surface area contributed by atoms with Crippen LogP contribution >= 0.6 is 0 Å². The minimum absolute atomic E-state index is 0.0408. The lowest BCUT2D eigenvalue weighted by molar-refractivity contribution is 0.247. The second-order valence-corrected chi connectivity index (χ2v) is 8.96. The first kappa shape index (κ1) is 21.3. The average molecular weight is 445 g/mol. The van der Waals surface area contributed by atoms with Gasteiger partial charge in [-0.15, -0.1) is 10.2 Å². The smallest absolute Gasteiger partial charge is 0.258 e. The minimum Gasteiger partial charge on any atom is -0.368 e. The molecular weight excluding hydrogens is 416 g/mol. The molecule has 170 valence electrons. The number of nitrogens with zero attached hydrogens (tertiary/aromatic N) is 7. The number of nitrogens with one attached hydrogen (secondary N) is 1. The summed E-state index contributed by atoms with van der Waals surface area (Å²) in [5.74, 6) is 1.20. The highest BCUT2D eigenvalue weighted by molar-refractivity contribution is 5.75. The molecule has 0 amide bonds. The molecule has 5 rings (SSSR count). The highest BCUT2D eigenvalue weighted by Crippen LogP contribution is 2.31. The number of benzene rings is 1. The fraction of sp³-hybridized carbons (Fsp3) is 0.375. The lowest BCUT2D eigenvalue weighted by atomic mass is 9.99. The maximum absolute atomic E-state index is 12.4.